The van der Waals surface area contributed by atoms with Crippen LogP contribution in [0.4, 0.5) is 0 Å². The SMILES string of the molecule is C#Cc1nn(C2CCCCO2)c2cnc(-c3c(C)nn(C)c3O[C@@H](C)CN(Cc3c(I)c(OCC)nn3CCO)C(C)C)cc12. The molecule has 0 saturated carbocycles. The van der Waals surface area contributed by atoms with Crippen molar-refractivity contribution in [2.75, 3.05) is 26.4 Å². The highest BCUT2D eigenvalue weighted by Gasteiger charge is 2.26. The molecule has 0 aromatic carbocycles. The number of aromatic nitrogens is 7. The Kier molecular flexibility index (Phi) is 10.7. The quantitative estimate of drug-likeness (QED) is 0.155. The number of fused-ring (bicyclic) bond motifs is 1. The second kappa shape index (κ2) is 14.5. The lowest BCUT2D eigenvalue weighted by Gasteiger charge is -2.30. The highest BCUT2D eigenvalue weighted by atomic mass is 127. The van der Waals surface area contributed by atoms with E-state index in [2.05, 4.69) is 59.3 Å². The minimum absolute atomic E-state index is 0.00204. The van der Waals surface area contributed by atoms with Crippen LogP contribution in [0.15, 0.2) is 12.3 Å². The van der Waals surface area contributed by atoms with Crippen molar-refractivity contribution in [1.82, 2.24) is 39.2 Å². The molecule has 0 bridgehead atoms. The summed E-state index contributed by atoms with van der Waals surface area (Å²) < 4.78 is 24.8. The van der Waals surface area contributed by atoms with E-state index < -0.39 is 0 Å². The monoisotopic (exact) mass is 730 g/mol. The Balaban J connectivity index is 1.41. The molecule has 0 spiro atoms. The summed E-state index contributed by atoms with van der Waals surface area (Å²) in [4.78, 5) is 7.18. The molecule has 242 valence electrons. The van der Waals surface area contributed by atoms with E-state index in [4.69, 9.17) is 35.8 Å². The maximum Gasteiger partial charge on any atom is 0.246 e. The zero-order chi connectivity index (χ0) is 32.2. The molecule has 0 amide bonds. The van der Waals surface area contributed by atoms with Gasteiger partial charge in [0.05, 0.1) is 57.7 Å². The van der Waals surface area contributed by atoms with Crippen molar-refractivity contribution < 1.29 is 19.3 Å². The van der Waals surface area contributed by atoms with Crippen molar-refractivity contribution >= 4 is 33.5 Å². The first-order chi connectivity index (χ1) is 21.7. The zero-order valence-corrected chi connectivity index (χ0v) is 29.1. The topological polar surface area (TPSA) is 118 Å². The molecule has 1 aliphatic heterocycles. The molecular weight excluding hydrogens is 687 g/mol. The van der Waals surface area contributed by atoms with E-state index in [-0.39, 0.29) is 25.0 Å². The van der Waals surface area contributed by atoms with E-state index >= 15 is 0 Å². The van der Waals surface area contributed by atoms with Crippen LogP contribution in [0.1, 0.15) is 70.3 Å². The second-order valence-corrected chi connectivity index (χ2v) is 12.7. The maximum absolute atomic E-state index is 9.65. The molecule has 1 fully saturated rings. The molecule has 45 heavy (non-hydrogen) atoms. The van der Waals surface area contributed by atoms with Gasteiger partial charge in [-0.25, -0.2) is 9.36 Å². The van der Waals surface area contributed by atoms with Crippen LogP contribution in [0.2, 0.25) is 0 Å². The van der Waals surface area contributed by atoms with Crippen LogP contribution in [0.5, 0.6) is 11.8 Å². The molecule has 1 N–H and O–H groups in total. The average Bonchev–Trinajstić information content (AvgIpc) is 3.63. The number of rotatable bonds is 13. The summed E-state index contributed by atoms with van der Waals surface area (Å²) in [5.41, 5.74) is 4.78. The Hall–Kier alpha value is -3.19. The Morgan fingerprint density at radius 3 is 2.71 bits per heavy atom. The smallest absolute Gasteiger partial charge is 0.246 e. The van der Waals surface area contributed by atoms with Gasteiger partial charge in [-0.3, -0.25) is 14.6 Å². The fraction of sp³-hybridized carbons (Fsp3) is 0.562. The molecule has 1 saturated heterocycles. The molecule has 4 aromatic heterocycles. The fourth-order valence-corrected chi connectivity index (χ4v) is 6.51. The van der Waals surface area contributed by atoms with Crippen molar-refractivity contribution in [2.24, 2.45) is 7.05 Å². The number of nitrogens with zero attached hydrogens (tertiary/aromatic N) is 8. The van der Waals surface area contributed by atoms with Crippen molar-refractivity contribution in [3.05, 3.63) is 32.9 Å². The number of halogens is 1. The first kappa shape index (κ1) is 33.2. The van der Waals surface area contributed by atoms with Crippen LogP contribution in [-0.4, -0.2) is 82.8 Å². The molecular formula is C32H43IN8O4. The lowest BCUT2D eigenvalue weighted by atomic mass is 10.1. The van der Waals surface area contributed by atoms with Gasteiger partial charge in [0.1, 0.15) is 11.8 Å². The molecule has 0 radical (unpaired) electrons. The first-order valence-electron chi connectivity index (χ1n) is 15.6. The van der Waals surface area contributed by atoms with E-state index in [9.17, 15) is 5.11 Å². The maximum atomic E-state index is 9.65. The average molecular weight is 731 g/mol. The number of aliphatic hydroxyl groups is 1. The Morgan fingerprint density at radius 1 is 1.24 bits per heavy atom. The third-order valence-electron chi connectivity index (χ3n) is 8.03. The van der Waals surface area contributed by atoms with Gasteiger partial charge in [-0.05, 0) is 88.5 Å². The fourth-order valence-electron chi connectivity index (χ4n) is 5.80. The Morgan fingerprint density at radius 2 is 2.04 bits per heavy atom. The second-order valence-electron chi connectivity index (χ2n) is 11.6. The number of pyridine rings is 1. The van der Waals surface area contributed by atoms with Gasteiger partial charge in [0.2, 0.25) is 11.8 Å². The molecule has 0 aliphatic carbocycles. The minimum atomic E-state index is -0.185. The van der Waals surface area contributed by atoms with E-state index in [0.717, 1.165) is 56.4 Å². The summed E-state index contributed by atoms with van der Waals surface area (Å²) in [6, 6.07) is 2.21. The molecule has 5 rings (SSSR count). The molecule has 1 aliphatic rings. The van der Waals surface area contributed by atoms with Gasteiger partial charge in [-0.2, -0.15) is 10.2 Å². The van der Waals surface area contributed by atoms with Gasteiger partial charge in [-0.1, -0.05) is 0 Å². The van der Waals surface area contributed by atoms with Crippen molar-refractivity contribution in [1.29, 1.82) is 0 Å². The summed E-state index contributed by atoms with van der Waals surface area (Å²) in [5, 5.41) is 24.5. The third kappa shape index (κ3) is 6.98. The van der Waals surface area contributed by atoms with Crippen molar-refractivity contribution in [2.45, 2.75) is 85.3 Å². The highest BCUT2D eigenvalue weighted by molar-refractivity contribution is 14.1. The van der Waals surface area contributed by atoms with Crippen LogP contribution >= 0.6 is 22.6 Å². The summed E-state index contributed by atoms with van der Waals surface area (Å²) in [7, 11) is 1.88. The van der Waals surface area contributed by atoms with Crippen LogP contribution in [-0.2, 0) is 24.9 Å². The standard InChI is InChI=1S/C32H43IN8O4/c1-8-24-23-16-25(34-17-26(23)41(36-24)28-12-10-11-15-44-28)29-22(6)35-38(7)32(29)45-21(5)18-39(20(3)4)19-27-30(33)31(43-9-2)37-40(27)13-14-42/h1,16-17,20-21,28,42H,9-15,18-19H2,2-7H3/t21-,28?/m0/s1. The van der Waals surface area contributed by atoms with Gasteiger partial charge in [0.15, 0.2) is 6.23 Å². The normalized spacial score (nSPS) is 16.1. The molecule has 12 nitrogen and oxygen atoms in total. The van der Waals surface area contributed by atoms with Crippen LogP contribution in [0, 0.1) is 22.8 Å². The number of ether oxygens (including phenoxy) is 3. The van der Waals surface area contributed by atoms with Gasteiger partial charge in [-0.15, -0.1) is 11.5 Å². The zero-order valence-electron chi connectivity index (χ0n) is 27.0. The number of aryl methyl sites for hydroxylation is 2. The van der Waals surface area contributed by atoms with E-state index in [0.29, 0.717) is 50.3 Å². The van der Waals surface area contributed by atoms with Crippen LogP contribution in [0.3, 0.4) is 0 Å². The van der Waals surface area contributed by atoms with Gasteiger partial charge >= 0.3 is 0 Å². The molecule has 13 heteroatoms. The number of hydrogen-bond acceptors (Lipinski definition) is 9. The lowest BCUT2D eigenvalue weighted by molar-refractivity contribution is -0.0367. The molecule has 1 unspecified atom stereocenters. The van der Waals surface area contributed by atoms with E-state index in [1.54, 1.807) is 4.68 Å². The predicted molar refractivity (Wildman–Crippen MR) is 180 cm³/mol. The molecule has 5 heterocycles. The Labute approximate surface area is 278 Å². The molecule has 2 atom stereocenters. The summed E-state index contributed by atoms with van der Waals surface area (Å²) in [5.74, 6) is 3.98. The van der Waals surface area contributed by atoms with Gasteiger partial charge < -0.3 is 19.3 Å². The van der Waals surface area contributed by atoms with E-state index in [1.165, 1.54) is 0 Å². The van der Waals surface area contributed by atoms with E-state index in [1.807, 2.05) is 42.5 Å². The predicted octanol–water partition coefficient (Wildman–Crippen LogP) is 4.69. The number of hydrogen-bond donors (Lipinski definition) is 1. The number of terminal acetylenes is 1. The lowest BCUT2D eigenvalue weighted by Crippen LogP contribution is -2.39. The van der Waals surface area contributed by atoms with Crippen LogP contribution in [0.25, 0.3) is 22.2 Å². The van der Waals surface area contributed by atoms with Crippen molar-refractivity contribution in [3.8, 4) is 35.4 Å². The van der Waals surface area contributed by atoms with Gasteiger partial charge in [0.25, 0.3) is 0 Å². The van der Waals surface area contributed by atoms with Crippen LogP contribution < -0.4 is 9.47 Å². The molecule has 4 aromatic rings. The summed E-state index contributed by atoms with van der Waals surface area (Å²) in [6.45, 7) is 13.2. The summed E-state index contributed by atoms with van der Waals surface area (Å²) >= 11 is 2.28. The first-order valence-corrected chi connectivity index (χ1v) is 16.6. The highest BCUT2D eigenvalue weighted by Crippen LogP contribution is 2.36. The largest absolute Gasteiger partial charge is 0.476 e. The summed E-state index contributed by atoms with van der Waals surface area (Å²) in [6.07, 6.45) is 10.4. The minimum Gasteiger partial charge on any atom is -0.476 e. The van der Waals surface area contributed by atoms with Gasteiger partial charge in [0, 0.05) is 38.2 Å². The van der Waals surface area contributed by atoms with Crippen molar-refractivity contribution in [3.63, 3.8) is 0 Å². The Bertz CT molecular complexity index is 1660. The third-order valence-corrected chi connectivity index (χ3v) is 9.11. The number of aliphatic hydroxyl groups excluding tert-OH is 1.